The molecule has 2 N–H and O–H groups in total. The quantitative estimate of drug-likeness (QED) is 0.794. The van der Waals surface area contributed by atoms with Gasteiger partial charge in [-0.2, -0.15) is 0 Å². The average Bonchev–Trinajstić information content (AvgIpc) is 2.19. The van der Waals surface area contributed by atoms with Gasteiger partial charge in [0.2, 0.25) is 0 Å². The Morgan fingerprint density at radius 1 is 1.18 bits per heavy atom. The van der Waals surface area contributed by atoms with Crippen LogP contribution in [-0.4, -0.2) is 0 Å². The second-order valence-corrected chi connectivity index (χ2v) is 6.48. The van der Waals surface area contributed by atoms with E-state index in [4.69, 9.17) is 28.9 Å². The molecule has 1 fully saturated rings. The second kappa shape index (κ2) is 4.79. The highest BCUT2D eigenvalue weighted by atomic mass is 35.5. The maximum Gasteiger partial charge on any atom is 0.0457 e. The molecular formula is C14H19Cl2N. The topological polar surface area (TPSA) is 26.0 Å². The van der Waals surface area contributed by atoms with Crippen molar-refractivity contribution in [3.63, 3.8) is 0 Å². The van der Waals surface area contributed by atoms with Crippen LogP contribution in [0.2, 0.25) is 10.0 Å². The Balaban J connectivity index is 2.39. The monoisotopic (exact) mass is 271 g/mol. The van der Waals surface area contributed by atoms with Crippen molar-refractivity contribution in [3.05, 3.63) is 33.8 Å². The van der Waals surface area contributed by atoms with E-state index >= 15 is 0 Å². The lowest BCUT2D eigenvalue weighted by Gasteiger charge is -2.41. The van der Waals surface area contributed by atoms with Gasteiger partial charge in [0.1, 0.15) is 0 Å². The second-order valence-electron chi connectivity index (χ2n) is 5.63. The van der Waals surface area contributed by atoms with Crippen LogP contribution in [0.5, 0.6) is 0 Å². The van der Waals surface area contributed by atoms with Crippen LogP contribution in [0, 0.1) is 11.8 Å². The summed E-state index contributed by atoms with van der Waals surface area (Å²) in [6.07, 6.45) is 3.21. The number of rotatable bonds is 1. The van der Waals surface area contributed by atoms with E-state index in [0.29, 0.717) is 16.9 Å². The van der Waals surface area contributed by atoms with Gasteiger partial charge < -0.3 is 5.73 Å². The fourth-order valence-corrected chi connectivity index (χ4v) is 3.76. The van der Waals surface area contributed by atoms with Crippen LogP contribution in [0.1, 0.15) is 38.7 Å². The summed E-state index contributed by atoms with van der Waals surface area (Å²) in [5, 5.41) is 1.44. The summed E-state index contributed by atoms with van der Waals surface area (Å²) in [5.74, 6) is 1.28. The summed E-state index contributed by atoms with van der Waals surface area (Å²) in [4.78, 5) is 0. The molecule has 2 rings (SSSR count). The fourth-order valence-electron chi connectivity index (χ4n) is 3.28. The lowest BCUT2D eigenvalue weighted by atomic mass is 9.69. The van der Waals surface area contributed by atoms with Crippen LogP contribution in [-0.2, 0) is 5.54 Å². The van der Waals surface area contributed by atoms with Crippen LogP contribution < -0.4 is 5.73 Å². The molecule has 2 unspecified atom stereocenters. The Morgan fingerprint density at radius 3 is 2.35 bits per heavy atom. The lowest BCUT2D eigenvalue weighted by Crippen LogP contribution is -2.43. The first-order valence-electron chi connectivity index (χ1n) is 6.15. The number of nitrogens with two attached hydrogens (primary N) is 1. The van der Waals surface area contributed by atoms with Gasteiger partial charge in [0.05, 0.1) is 0 Å². The van der Waals surface area contributed by atoms with E-state index in [1.807, 2.05) is 18.2 Å². The molecule has 1 aromatic rings. The molecule has 0 heterocycles. The molecule has 1 aliphatic rings. The minimum Gasteiger partial charge on any atom is -0.321 e. The van der Waals surface area contributed by atoms with Crippen molar-refractivity contribution < 1.29 is 0 Å². The Bertz CT molecular complexity index is 407. The van der Waals surface area contributed by atoms with Crippen molar-refractivity contribution >= 4 is 23.2 Å². The molecule has 0 aromatic heterocycles. The number of hydrogen-bond acceptors (Lipinski definition) is 1. The highest BCUT2D eigenvalue weighted by Crippen LogP contribution is 2.43. The van der Waals surface area contributed by atoms with Gasteiger partial charge in [-0.05, 0) is 54.9 Å². The summed E-state index contributed by atoms with van der Waals surface area (Å²) in [5.41, 5.74) is 7.27. The summed E-state index contributed by atoms with van der Waals surface area (Å²) < 4.78 is 0. The molecule has 0 amide bonds. The van der Waals surface area contributed by atoms with Gasteiger partial charge in [-0.15, -0.1) is 0 Å². The highest BCUT2D eigenvalue weighted by molar-refractivity contribution is 6.33. The van der Waals surface area contributed by atoms with Crippen LogP contribution in [0.15, 0.2) is 18.2 Å². The molecule has 94 valence electrons. The van der Waals surface area contributed by atoms with E-state index in [-0.39, 0.29) is 5.54 Å². The van der Waals surface area contributed by atoms with Gasteiger partial charge in [-0.1, -0.05) is 37.0 Å². The van der Waals surface area contributed by atoms with Crippen molar-refractivity contribution in [2.24, 2.45) is 17.6 Å². The molecule has 0 spiro atoms. The molecule has 0 bridgehead atoms. The molecule has 0 saturated heterocycles. The largest absolute Gasteiger partial charge is 0.321 e. The number of halogens is 2. The van der Waals surface area contributed by atoms with Gasteiger partial charge >= 0.3 is 0 Å². The minimum absolute atomic E-state index is 0.320. The third kappa shape index (κ3) is 2.78. The number of hydrogen-bond donors (Lipinski definition) is 1. The Kier molecular flexibility index (Phi) is 3.72. The average molecular weight is 272 g/mol. The van der Waals surface area contributed by atoms with Gasteiger partial charge in [-0.25, -0.2) is 0 Å². The first-order chi connectivity index (χ1) is 7.90. The Labute approximate surface area is 113 Å². The molecule has 0 radical (unpaired) electrons. The summed E-state index contributed by atoms with van der Waals surface area (Å²) in [7, 11) is 0. The SMILES string of the molecule is CC1CC(C)CC(N)(c2cc(Cl)ccc2Cl)C1. The molecule has 1 nitrogen and oxygen atoms in total. The fraction of sp³-hybridized carbons (Fsp3) is 0.571. The van der Waals surface area contributed by atoms with Crippen molar-refractivity contribution in [2.45, 2.75) is 38.6 Å². The van der Waals surface area contributed by atoms with Crippen LogP contribution in [0.4, 0.5) is 0 Å². The van der Waals surface area contributed by atoms with E-state index in [1.165, 1.54) is 6.42 Å². The summed E-state index contributed by atoms with van der Waals surface area (Å²) >= 11 is 12.3. The van der Waals surface area contributed by atoms with E-state index in [2.05, 4.69) is 13.8 Å². The maximum absolute atomic E-state index is 6.59. The van der Waals surface area contributed by atoms with Gasteiger partial charge in [0.25, 0.3) is 0 Å². The molecule has 2 atom stereocenters. The predicted molar refractivity (Wildman–Crippen MR) is 74.5 cm³/mol. The molecule has 1 aromatic carbocycles. The zero-order chi connectivity index (χ0) is 12.6. The first-order valence-corrected chi connectivity index (χ1v) is 6.91. The van der Waals surface area contributed by atoms with Crippen molar-refractivity contribution in [3.8, 4) is 0 Å². The Hall–Kier alpha value is -0.240. The molecule has 17 heavy (non-hydrogen) atoms. The zero-order valence-electron chi connectivity index (χ0n) is 10.3. The first kappa shape index (κ1) is 13.2. The standard InChI is InChI=1S/C14H19Cl2N/c1-9-5-10(2)8-14(17,7-9)12-6-11(15)3-4-13(12)16/h3-4,6,9-10H,5,7-8,17H2,1-2H3. The zero-order valence-corrected chi connectivity index (χ0v) is 11.9. The van der Waals surface area contributed by atoms with Crippen molar-refractivity contribution in [1.29, 1.82) is 0 Å². The lowest BCUT2D eigenvalue weighted by molar-refractivity contribution is 0.184. The van der Waals surface area contributed by atoms with Gasteiger partial charge in [-0.3, -0.25) is 0 Å². The Morgan fingerprint density at radius 2 is 1.76 bits per heavy atom. The predicted octanol–water partition coefficient (Wildman–Crippen LogP) is 4.60. The third-order valence-electron chi connectivity index (χ3n) is 3.69. The summed E-state index contributed by atoms with van der Waals surface area (Å²) in [6, 6.07) is 5.58. The van der Waals surface area contributed by atoms with Crippen LogP contribution >= 0.6 is 23.2 Å². The van der Waals surface area contributed by atoms with E-state index < -0.39 is 0 Å². The highest BCUT2D eigenvalue weighted by Gasteiger charge is 2.37. The smallest absolute Gasteiger partial charge is 0.0457 e. The van der Waals surface area contributed by atoms with Gasteiger partial charge in [0.15, 0.2) is 0 Å². The van der Waals surface area contributed by atoms with E-state index in [9.17, 15) is 0 Å². The molecule has 3 heteroatoms. The van der Waals surface area contributed by atoms with Gasteiger partial charge in [0, 0.05) is 15.6 Å². The summed E-state index contributed by atoms with van der Waals surface area (Å²) in [6.45, 7) is 4.52. The maximum atomic E-state index is 6.59. The molecule has 1 aliphatic carbocycles. The minimum atomic E-state index is -0.320. The van der Waals surface area contributed by atoms with E-state index in [1.54, 1.807) is 0 Å². The van der Waals surface area contributed by atoms with E-state index in [0.717, 1.165) is 23.4 Å². The molecule has 1 saturated carbocycles. The molecule has 0 aliphatic heterocycles. The normalized spacial score (nSPS) is 33.7. The molecular weight excluding hydrogens is 253 g/mol. The number of benzene rings is 1. The third-order valence-corrected chi connectivity index (χ3v) is 4.26. The van der Waals surface area contributed by atoms with Crippen molar-refractivity contribution in [1.82, 2.24) is 0 Å². The van der Waals surface area contributed by atoms with Crippen molar-refractivity contribution in [2.75, 3.05) is 0 Å². The van der Waals surface area contributed by atoms with Crippen LogP contribution in [0.3, 0.4) is 0 Å². The van der Waals surface area contributed by atoms with Crippen LogP contribution in [0.25, 0.3) is 0 Å².